The van der Waals surface area contributed by atoms with Crippen molar-refractivity contribution >= 4 is 11.9 Å². The number of hydrogen-bond acceptors (Lipinski definition) is 4. The highest BCUT2D eigenvalue weighted by Gasteiger charge is 2.45. The third-order valence-electron chi connectivity index (χ3n) is 5.22. The number of methoxy groups -OCH3 is 1. The number of amides is 1. The molecule has 0 heterocycles. The first-order valence-electron chi connectivity index (χ1n) is 9.37. The lowest BCUT2D eigenvalue weighted by Crippen LogP contribution is -2.38. The van der Waals surface area contributed by atoms with Crippen molar-refractivity contribution in [3.8, 4) is 5.75 Å². The van der Waals surface area contributed by atoms with Gasteiger partial charge in [-0.1, -0.05) is 43.2 Å². The van der Waals surface area contributed by atoms with Crippen LogP contribution in [-0.2, 0) is 26.3 Å². The van der Waals surface area contributed by atoms with Gasteiger partial charge < -0.3 is 14.8 Å². The second-order valence-corrected chi connectivity index (χ2v) is 6.97. The van der Waals surface area contributed by atoms with Crippen molar-refractivity contribution in [2.75, 3.05) is 13.7 Å². The zero-order chi connectivity index (χ0) is 20.0. The quantitative estimate of drug-likeness (QED) is 0.741. The Morgan fingerprint density at radius 3 is 2.39 bits per heavy atom. The Balaban J connectivity index is 1.57. The molecule has 1 N–H and O–H groups in total. The third-order valence-corrected chi connectivity index (χ3v) is 5.22. The molecular weight excluding hydrogens is 361 g/mol. The molecule has 5 nitrogen and oxygen atoms in total. The lowest BCUT2D eigenvalue weighted by Gasteiger charge is -2.27. The van der Waals surface area contributed by atoms with Gasteiger partial charge in [0.15, 0.2) is 6.61 Å². The first-order chi connectivity index (χ1) is 13.5. The van der Waals surface area contributed by atoms with Crippen molar-refractivity contribution in [1.82, 2.24) is 5.32 Å². The van der Waals surface area contributed by atoms with Gasteiger partial charge in [0.1, 0.15) is 11.6 Å². The fourth-order valence-corrected chi connectivity index (χ4v) is 3.68. The number of carbonyl (C=O) groups is 2. The number of rotatable bonds is 7. The maximum atomic E-state index is 14.3. The molecule has 0 unspecified atom stereocenters. The van der Waals surface area contributed by atoms with Gasteiger partial charge in [-0.2, -0.15) is 0 Å². The van der Waals surface area contributed by atoms with Crippen LogP contribution in [0.15, 0.2) is 48.5 Å². The standard InChI is InChI=1S/C22H24FNO4/c1-27-17-10-8-16(9-11-17)14-24-20(25)15-28-21(26)22(12-4-5-13-22)18-6-2-3-7-19(18)23/h2-3,6-11H,4-5,12-15H2,1H3,(H,24,25). The van der Waals surface area contributed by atoms with E-state index in [-0.39, 0.29) is 6.61 Å². The van der Waals surface area contributed by atoms with Crippen LogP contribution in [0.3, 0.4) is 0 Å². The van der Waals surface area contributed by atoms with Crippen LogP contribution in [-0.4, -0.2) is 25.6 Å². The van der Waals surface area contributed by atoms with E-state index in [0.717, 1.165) is 24.2 Å². The number of benzene rings is 2. The molecule has 148 valence electrons. The second-order valence-electron chi connectivity index (χ2n) is 6.97. The smallest absolute Gasteiger partial charge is 0.317 e. The van der Waals surface area contributed by atoms with Gasteiger partial charge >= 0.3 is 5.97 Å². The molecule has 0 aromatic heterocycles. The number of ether oxygens (including phenoxy) is 2. The SMILES string of the molecule is COc1ccc(CNC(=O)COC(=O)C2(c3ccccc3F)CCCC2)cc1. The lowest BCUT2D eigenvalue weighted by atomic mass is 9.78. The Hall–Kier alpha value is -2.89. The topological polar surface area (TPSA) is 64.6 Å². The Kier molecular flexibility index (Phi) is 6.29. The van der Waals surface area contributed by atoms with Gasteiger partial charge in [-0.15, -0.1) is 0 Å². The van der Waals surface area contributed by atoms with Crippen molar-refractivity contribution in [2.24, 2.45) is 0 Å². The molecule has 6 heteroatoms. The Labute approximate surface area is 163 Å². The van der Waals surface area contributed by atoms with E-state index in [1.54, 1.807) is 37.4 Å². The summed E-state index contributed by atoms with van der Waals surface area (Å²) < 4.78 is 24.7. The largest absolute Gasteiger partial charge is 0.497 e. The lowest BCUT2D eigenvalue weighted by molar-refractivity contribution is -0.154. The van der Waals surface area contributed by atoms with E-state index < -0.39 is 23.1 Å². The summed E-state index contributed by atoms with van der Waals surface area (Å²) in [5.41, 5.74) is 0.261. The number of carbonyl (C=O) groups excluding carboxylic acids is 2. The summed E-state index contributed by atoms with van der Waals surface area (Å²) >= 11 is 0. The molecule has 0 atom stereocenters. The van der Waals surface area contributed by atoms with Crippen LogP contribution in [0.5, 0.6) is 5.75 Å². The predicted octanol–water partition coefficient (Wildman–Crippen LogP) is 3.51. The summed E-state index contributed by atoms with van der Waals surface area (Å²) in [6, 6.07) is 13.6. The zero-order valence-corrected chi connectivity index (χ0v) is 15.9. The molecule has 0 aliphatic heterocycles. The first kappa shape index (κ1) is 19.9. The van der Waals surface area contributed by atoms with Crippen LogP contribution in [0.2, 0.25) is 0 Å². The molecule has 1 fully saturated rings. The molecule has 2 aromatic carbocycles. The van der Waals surface area contributed by atoms with Crippen LogP contribution in [0.4, 0.5) is 4.39 Å². The third kappa shape index (κ3) is 4.32. The Bertz CT molecular complexity index is 829. The van der Waals surface area contributed by atoms with Crippen molar-refractivity contribution in [3.63, 3.8) is 0 Å². The molecule has 0 spiro atoms. The van der Waals surface area contributed by atoms with Gasteiger partial charge in [0.2, 0.25) is 0 Å². The molecule has 0 bridgehead atoms. The molecule has 28 heavy (non-hydrogen) atoms. The summed E-state index contributed by atoms with van der Waals surface area (Å²) in [7, 11) is 1.59. The Morgan fingerprint density at radius 1 is 1.07 bits per heavy atom. The van der Waals surface area contributed by atoms with Crippen LogP contribution in [0, 0.1) is 5.82 Å². The molecule has 0 radical (unpaired) electrons. The van der Waals surface area contributed by atoms with Crippen LogP contribution in [0.1, 0.15) is 36.8 Å². The number of nitrogens with one attached hydrogen (secondary N) is 1. The van der Waals surface area contributed by atoms with E-state index in [0.29, 0.717) is 24.9 Å². The number of esters is 1. The van der Waals surface area contributed by atoms with Gasteiger partial charge in [-0.05, 0) is 36.6 Å². The minimum atomic E-state index is -0.998. The van der Waals surface area contributed by atoms with Crippen LogP contribution >= 0.6 is 0 Å². The molecule has 0 saturated heterocycles. The summed E-state index contributed by atoms with van der Waals surface area (Å²) in [4.78, 5) is 24.9. The fourth-order valence-electron chi connectivity index (χ4n) is 3.68. The molecular formula is C22H24FNO4. The van der Waals surface area contributed by atoms with Crippen molar-refractivity contribution in [1.29, 1.82) is 0 Å². The number of hydrogen-bond donors (Lipinski definition) is 1. The zero-order valence-electron chi connectivity index (χ0n) is 15.9. The van der Waals surface area contributed by atoms with Crippen molar-refractivity contribution < 1.29 is 23.5 Å². The predicted molar refractivity (Wildman–Crippen MR) is 102 cm³/mol. The van der Waals surface area contributed by atoms with Crippen molar-refractivity contribution in [3.05, 3.63) is 65.5 Å². The molecule has 1 amide bonds. The molecule has 1 saturated carbocycles. The summed E-state index contributed by atoms with van der Waals surface area (Å²) in [5, 5.41) is 2.71. The average Bonchev–Trinajstić information content (AvgIpc) is 3.22. The normalized spacial score (nSPS) is 15.1. The maximum Gasteiger partial charge on any atom is 0.317 e. The highest BCUT2D eigenvalue weighted by Crippen LogP contribution is 2.43. The minimum Gasteiger partial charge on any atom is -0.497 e. The van der Waals surface area contributed by atoms with E-state index in [1.807, 2.05) is 12.1 Å². The van der Waals surface area contributed by atoms with Gasteiger partial charge in [0.25, 0.3) is 5.91 Å². The second kappa shape index (κ2) is 8.87. The van der Waals surface area contributed by atoms with E-state index in [9.17, 15) is 14.0 Å². The Morgan fingerprint density at radius 2 is 1.75 bits per heavy atom. The molecule has 1 aliphatic carbocycles. The minimum absolute atomic E-state index is 0.318. The van der Waals surface area contributed by atoms with Crippen LogP contribution in [0.25, 0.3) is 0 Å². The number of halogens is 1. The van der Waals surface area contributed by atoms with E-state index >= 15 is 0 Å². The fraction of sp³-hybridized carbons (Fsp3) is 0.364. The van der Waals surface area contributed by atoms with Crippen LogP contribution < -0.4 is 10.1 Å². The van der Waals surface area contributed by atoms with E-state index in [4.69, 9.17) is 9.47 Å². The van der Waals surface area contributed by atoms with E-state index in [1.165, 1.54) is 6.07 Å². The highest BCUT2D eigenvalue weighted by molar-refractivity contribution is 5.86. The summed E-state index contributed by atoms with van der Waals surface area (Å²) in [5.74, 6) is -0.607. The summed E-state index contributed by atoms with van der Waals surface area (Å²) in [6.07, 6.45) is 2.71. The van der Waals surface area contributed by atoms with Gasteiger partial charge in [-0.25, -0.2) is 4.39 Å². The average molecular weight is 385 g/mol. The van der Waals surface area contributed by atoms with Gasteiger partial charge in [0, 0.05) is 12.1 Å². The summed E-state index contributed by atoms with van der Waals surface area (Å²) in [6.45, 7) is -0.0655. The first-order valence-corrected chi connectivity index (χ1v) is 9.37. The van der Waals surface area contributed by atoms with Crippen molar-refractivity contribution in [2.45, 2.75) is 37.6 Å². The molecule has 1 aliphatic rings. The molecule has 3 rings (SSSR count). The molecule has 2 aromatic rings. The maximum absolute atomic E-state index is 14.3. The van der Waals surface area contributed by atoms with E-state index in [2.05, 4.69) is 5.32 Å². The van der Waals surface area contributed by atoms with Gasteiger partial charge in [0.05, 0.1) is 12.5 Å². The van der Waals surface area contributed by atoms with Gasteiger partial charge in [-0.3, -0.25) is 9.59 Å². The highest BCUT2D eigenvalue weighted by atomic mass is 19.1. The monoisotopic (exact) mass is 385 g/mol.